The maximum Gasteiger partial charge on any atom is 0.410 e. The van der Waals surface area contributed by atoms with E-state index in [0.717, 1.165) is 33.3 Å². The maximum atomic E-state index is 12.3. The van der Waals surface area contributed by atoms with Gasteiger partial charge in [0, 0.05) is 30.2 Å². The highest BCUT2D eigenvalue weighted by Gasteiger charge is 2.38. The number of rotatable bonds is 2. The number of halogens is 1. The molecular weight excluding hydrogens is 443 g/mol. The minimum Gasteiger partial charge on any atom is -0.444 e. The molecule has 1 aliphatic rings. The fraction of sp³-hybridized carbons (Fsp3) is 0.526. The molecule has 0 aliphatic heterocycles. The average Bonchev–Trinajstić information content (AvgIpc) is 2.75. The van der Waals surface area contributed by atoms with E-state index in [9.17, 15) is 10.1 Å². The van der Waals surface area contributed by atoms with Gasteiger partial charge in [-0.25, -0.2) is 9.78 Å². The van der Waals surface area contributed by atoms with Crippen LogP contribution in [0.5, 0.6) is 0 Å². The van der Waals surface area contributed by atoms with Crippen LogP contribution in [0.1, 0.15) is 50.9 Å². The predicted molar refractivity (Wildman–Crippen MR) is 108 cm³/mol. The quantitative estimate of drug-likeness (QED) is 0.486. The molecule has 0 spiro atoms. The second-order valence-electron chi connectivity index (χ2n) is 7.82. The Morgan fingerprint density at radius 3 is 2.65 bits per heavy atom. The Balaban J connectivity index is 1.81. The van der Waals surface area contributed by atoms with Crippen molar-refractivity contribution < 1.29 is 9.53 Å². The fourth-order valence-electron chi connectivity index (χ4n) is 3.44. The van der Waals surface area contributed by atoms with Crippen LogP contribution >= 0.6 is 22.6 Å². The van der Waals surface area contributed by atoms with Gasteiger partial charge in [-0.2, -0.15) is 5.26 Å². The van der Waals surface area contributed by atoms with Gasteiger partial charge in [-0.15, -0.1) is 0 Å². The van der Waals surface area contributed by atoms with Crippen molar-refractivity contribution in [1.82, 2.24) is 14.5 Å². The Bertz CT molecular complexity index is 901. The summed E-state index contributed by atoms with van der Waals surface area (Å²) in [4.78, 5) is 18.6. The van der Waals surface area contributed by atoms with Gasteiger partial charge in [0.2, 0.25) is 0 Å². The van der Waals surface area contributed by atoms with Crippen molar-refractivity contribution in [2.45, 2.75) is 58.2 Å². The zero-order valence-electron chi connectivity index (χ0n) is 15.7. The van der Waals surface area contributed by atoms with Gasteiger partial charge in [-0.3, -0.25) is 0 Å². The zero-order chi connectivity index (χ0) is 19.2. The van der Waals surface area contributed by atoms with Crippen LogP contribution < -0.4 is 0 Å². The predicted octanol–water partition coefficient (Wildman–Crippen LogP) is 4.39. The van der Waals surface area contributed by atoms with Gasteiger partial charge in [-0.05, 0) is 75.3 Å². The molecule has 0 radical (unpaired) electrons. The van der Waals surface area contributed by atoms with Crippen molar-refractivity contribution in [3.63, 3.8) is 0 Å². The molecule has 1 fully saturated rings. The Morgan fingerprint density at radius 2 is 2.08 bits per heavy atom. The second-order valence-corrected chi connectivity index (χ2v) is 8.92. The van der Waals surface area contributed by atoms with Crippen LogP contribution in [-0.4, -0.2) is 39.2 Å². The minimum atomic E-state index is -0.496. The Labute approximate surface area is 167 Å². The first-order valence-electron chi connectivity index (χ1n) is 8.65. The van der Waals surface area contributed by atoms with Crippen molar-refractivity contribution >= 4 is 39.7 Å². The molecule has 2 heterocycles. The van der Waals surface area contributed by atoms with Crippen LogP contribution in [0.3, 0.4) is 0 Å². The number of carbonyl (C=O) groups is 1. The van der Waals surface area contributed by atoms with E-state index in [1.165, 1.54) is 0 Å². The van der Waals surface area contributed by atoms with Crippen molar-refractivity contribution in [2.24, 2.45) is 0 Å². The number of carbonyl (C=O) groups excluding carboxylic acids is 1. The van der Waals surface area contributed by atoms with Crippen LogP contribution in [0.2, 0.25) is 0 Å². The molecule has 0 N–H and O–H groups in total. The van der Waals surface area contributed by atoms with Crippen LogP contribution in [-0.2, 0) is 4.74 Å². The smallest absolute Gasteiger partial charge is 0.410 e. The molecule has 6 nitrogen and oxygen atoms in total. The number of aromatic nitrogens is 2. The topological polar surface area (TPSA) is 71.2 Å². The molecule has 0 atom stereocenters. The molecule has 0 bridgehead atoms. The van der Waals surface area contributed by atoms with E-state index < -0.39 is 5.60 Å². The summed E-state index contributed by atoms with van der Waals surface area (Å²) >= 11 is 2.19. The third kappa shape index (κ3) is 3.39. The van der Waals surface area contributed by atoms with Gasteiger partial charge < -0.3 is 14.2 Å². The summed E-state index contributed by atoms with van der Waals surface area (Å²) in [5, 5.41) is 10.4. The molecule has 0 unspecified atom stereocenters. The van der Waals surface area contributed by atoms with Crippen LogP contribution in [0.25, 0.3) is 11.0 Å². The lowest BCUT2D eigenvalue weighted by atomic mass is 9.85. The normalized spacial score (nSPS) is 19.7. The van der Waals surface area contributed by atoms with Crippen molar-refractivity contribution in [3.05, 3.63) is 27.1 Å². The van der Waals surface area contributed by atoms with Crippen LogP contribution in [0.4, 0.5) is 4.79 Å². The van der Waals surface area contributed by atoms with E-state index in [2.05, 4.69) is 38.2 Å². The van der Waals surface area contributed by atoms with Crippen molar-refractivity contribution in [1.29, 1.82) is 5.26 Å². The fourth-order valence-corrected chi connectivity index (χ4v) is 3.84. The van der Waals surface area contributed by atoms with Gasteiger partial charge >= 0.3 is 6.09 Å². The standard InChI is InChI=1S/C19H23IN4O2/c1-11-15(10-21)14-6-7-16(20)22-17(14)24(11)13-8-12(9-13)23(5)18(25)26-19(2,3)4/h6-7,12-13H,8-9H2,1-5H3/t12-,13-. The average molecular weight is 466 g/mol. The van der Waals surface area contributed by atoms with Crippen molar-refractivity contribution in [2.75, 3.05) is 7.05 Å². The number of nitrogens with zero attached hydrogens (tertiary/aromatic N) is 4. The molecule has 26 heavy (non-hydrogen) atoms. The highest BCUT2D eigenvalue weighted by molar-refractivity contribution is 14.1. The summed E-state index contributed by atoms with van der Waals surface area (Å²) in [6.45, 7) is 7.58. The molecule has 3 rings (SSSR count). The SMILES string of the molecule is Cc1c(C#N)c2ccc(I)nc2n1[C@H]1C[C@H](N(C)C(=O)OC(C)(C)C)C1. The third-order valence-electron chi connectivity index (χ3n) is 4.86. The molecule has 7 heteroatoms. The first-order valence-corrected chi connectivity index (χ1v) is 9.73. The van der Waals surface area contributed by atoms with Crippen molar-refractivity contribution in [3.8, 4) is 6.07 Å². The van der Waals surface area contributed by atoms with Crippen LogP contribution in [0, 0.1) is 22.0 Å². The van der Waals surface area contributed by atoms with E-state index in [4.69, 9.17) is 4.74 Å². The summed E-state index contributed by atoms with van der Waals surface area (Å²) in [6, 6.07) is 6.58. The van der Waals surface area contributed by atoms with E-state index in [1.54, 1.807) is 11.9 Å². The molecule has 0 saturated heterocycles. The Hall–Kier alpha value is -1.82. The lowest BCUT2D eigenvalue weighted by Crippen LogP contribution is -2.48. The molecule has 2 aromatic heterocycles. The third-order valence-corrected chi connectivity index (χ3v) is 5.46. The molecule has 2 aromatic rings. The molecular formula is C19H23IN4O2. The molecule has 1 amide bonds. The van der Waals surface area contributed by atoms with Gasteiger partial charge in [0.05, 0.1) is 5.56 Å². The number of nitriles is 1. The molecule has 138 valence electrons. The lowest BCUT2D eigenvalue weighted by Gasteiger charge is -2.42. The Morgan fingerprint density at radius 1 is 1.42 bits per heavy atom. The first kappa shape index (κ1) is 19.0. The number of amides is 1. The summed E-state index contributed by atoms with van der Waals surface area (Å²) in [6.07, 6.45) is 1.37. The summed E-state index contributed by atoms with van der Waals surface area (Å²) in [5.74, 6) is 0. The van der Waals surface area contributed by atoms with E-state index in [1.807, 2.05) is 39.8 Å². The number of fused-ring (bicyclic) bond motifs is 1. The maximum absolute atomic E-state index is 12.3. The van der Waals surface area contributed by atoms with Crippen LogP contribution in [0.15, 0.2) is 12.1 Å². The minimum absolute atomic E-state index is 0.139. The zero-order valence-corrected chi connectivity index (χ0v) is 17.9. The monoisotopic (exact) mass is 466 g/mol. The highest BCUT2D eigenvalue weighted by atomic mass is 127. The summed E-state index contributed by atoms with van der Waals surface area (Å²) in [7, 11) is 1.79. The van der Waals surface area contributed by atoms with Gasteiger partial charge in [0.1, 0.15) is 21.0 Å². The first-order chi connectivity index (χ1) is 12.1. The highest BCUT2D eigenvalue weighted by Crippen LogP contribution is 2.40. The largest absolute Gasteiger partial charge is 0.444 e. The van der Waals surface area contributed by atoms with Gasteiger partial charge in [-0.1, -0.05) is 0 Å². The molecule has 1 saturated carbocycles. The second kappa shape index (κ2) is 6.72. The summed E-state index contributed by atoms with van der Waals surface area (Å²) < 4.78 is 8.52. The molecule has 0 aromatic carbocycles. The Kier molecular flexibility index (Phi) is 4.90. The summed E-state index contributed by atoms with van der Waals surface area (Å²) in [5.41, 5.74) is 1.99. The lowest BCUT2D eigenvalue weighted by molar-refractivity contribution is 0.00799. The van der Waals surface area contributed by atoms with Gasteiger partial charge in [0.25, 0.3) is 0 Å². The van der Waals surface area contributed by atoms with E-state index in [-0.39, 0.29) is 18.2 Å². The number of pyridine rings is 1. The van der Waals surface area contributed by atoms with E-state index >= 15 is 0 Å². The molecule has 1 aliphatic carbocycles. The number of hydrogen-bond donors (Lipinski definition) is 0. The number of hydrogen-bond acceptors (Lipinski definition) is 4. The van der Waals surface area contributed by atoms with Gasteiger partial charge in [0.15, 0.2) is 0 Å². The number of ether oxygens (including phenoxy) is 1. The van der Waals surface area contributed by atoms with E-state index in [0.29, 0.717) is 5.56 Å².